The lowest BCUT2D eigenvalue weighted by atomic mass is 9.97. The molecule has 0 unspecified atom stereocenters. The van der Waals surface area contributed by atoms with Crippen LogP contribution in [0.3, 0.4) is 0 Å². The van der Waals surface area contributed by atoms with E-state index in [0.29, 0.717) is 0 Å². The SMILES string of the molecule is COc1cc(OC)cc(-c2cccc3c2C=CC3)c1. The van der Waals surface area contributed by atoms with Gasteiger partial charge in [-0.15, -0.1) is 0 Å². The zero-order valence-electron chi connectivity index (χ0n) is 11.1. The zero-order chi connectivity index (χ0) is 13.2. The largest absolute Gasteiger partial charge is 0.497 e. The molecule has 1 aliphatic rings. The number of fused-ring (bicyclic) bond motifs is 1. The molecular weight excluding hydrogens is 236 g/mol. The molecule has 96 valence electrons. The molecule has 0 spiro atoms. The van der Waals surface area contributed by atoms with Gasteiger partial charge >= 0.3 is 0 Å². The van der Waals surface area contributed by atoms with E-state index in [4.69, 9.17) is 9.47 Å². The lowest BCUT2D eigenvalue weighted by Crippen LogP contribution is -1.91. The molecule has 0 aliphatic heterocycles. The molecule has 0 amide bonds. The van der Waals surface area contributed by atoms with Gasteiger partial charge < -0.3 is 9.47 Å². The van der Waals surface area contributed by atoms with Gasteiger partial charge in [0.2, 0.25) is 0 Å². The third-order valence-electron chi connectivity index (χ3n) is 3.48. The molecule has 2 aromatic rings. The molecular formula is C17H16O2. The highest BCUT2D eigenvalue weighted by Crippen LogP contribution is 2.35. The second kappa shape index (κ2) is 4.81. The minimum absolute atomic E-state index is 0.814. The van der Waals surface area contributed by atoms with Gasteiger partial charge in [0.05, 0.1) is 14.2 Å². The van der Waals surface area contributed by atoms with Crippen LogP contribution in [0.25, 0.3) is 17.2 Å². The number of rotatable bonds is 3. The van der Waals surface area contributed by atoms with Crippen LogP contribution < -0.4 is 9.47 Å². The predicted molar refractivity (Wildman–Crippen MR) is 77.7 cm³/mol. The van der Waals surface area contributed by atoms with E-state index in [2.05, 4.69) is 30.4 Å². The van der Waals surface area contributed by atoms with Crippen molar-refractivity contribution in [1.29, 1.82) is 0 Å². The number of hydrogen-bond donors (Lipinski definition) is 0. The topological polar surface area (TPSA) is 18.5 Å². The fourth-order valence-corrected chi connectivity index (χ4v) is 2.51. The van der Waals surface area contributed by atoms with Gasteiger partial charge in [-0.25, -0.2) is 0 Å². The maximum atomic E-state index is 5.34. The van der Waals surface area contributed by atoms with Crippen LogP contribution in [0.4, 0.5) is 0 Å². The Kier molecular flexibility index (Phi) is 3.00. The molecule has 0 aromatic heterocycles. The second-order valence-electron chi connectivity index (χ2n) is 4.59. The Hall–Kier alpha value is -2.22. The monoisotopic (exact) mass is 252 g/mol. The van der Waals surface area contributed by atoms with E-state index in [9.17, 15) is 0 Å². The summed E-state index contributed by atoms with van der Waals surface area (Å²) < 4.78 is 10.7. The third kappa shape index (κ3) is 2.10. The number of benzene rings is 2. The zero-order valence-corrected chi connectivity index (χ0v) is 11.1. The van der Waals surface area contributed by atoms with Crippen LogP contribution in [0.1, 0.15) is 11.1 Å². The molecule has 0 fully saturated rings. The number of methoxy groups -OCH3 is 2. The Labute approximate surface area is 113 Å². The van der Waals surface area contributed by atoms with Crippen molar-refractivity contribution in [1.82, 2.24) is 0 Å². The maximum absolute atomic E-state index is 5.34. The quantitative estimate of drug-likeness (QED) is 0.823. The molecule has 0 saturated heterocycles. The summed E-state index contributed by atoms with van der Waals surface area (Å²) in [7, 11) is 3.35. The average molecular weight is 252 g/mol. The van der Waals surface area contributed by atoms with E-state index in [1.165, 1.54) is 16.7 Å². The van der Waals surface area contributed by atoms with Crippen molar-refractivity contribution in [3.8, 4) is 22.6 Å². The molecule has 2 heteroatoms. The molecule has 0 radical (unpaired) electrons. The fourth-order valence-electron chi connectivity index (χ4n) is 2.51. The van der Waals surface area contributed by atoms with E-state index >= 15 is 0 Å². The summed E-state index contributed by atoms with van der Waals surface area (Å²) in [6, 6.07) is 12.4. The van der Waals surface area contributed by atoms with Crippen molar-refractivity contribution in [2.75, 3.05) is 14.2 Å². The first-order chi connectivity index (χ1) is 9.31. The molecule has 0 atom stereocenters. The van der Waals surface area contributed by atoms with Crippen LogP contribution in [-0.4, -0.2) is 14.2 Å². The molecule has 19 heavy (non-hydrogen) atoms. The van der Waals surface area contributed by atoms with E-state index < -0.39 is 0 Å². The van der Waals surface area contributed by atoms with E-state index in [1.807, 2.05) is 18.2 Å². The van der Waals surface area contributed by atoms with Crippen LogP contribution in [0, 0.1) is 0 Å². The van der Waals surface area contributed by atoms with Crippen molar-refractivity contribution in [2.24, 2.45) is 0 Å². The van der Waals surface area contributed by atoms with Crippen molar-refractivity contribution < 1.29 is 9.47 Å². The first-order valence-electron chi connectivity index (χ1n) is 6.33. The Morgan fingerprint density at radius 3 is 2.37 bits per heavy atom. The first kappa shape index (κ1) is 11.8. The summed E-state index contributed by atoms with van der Waals surface area (Å²) in [4.78, 5) is 0. The summed E-state index contributed by atoms with van der Waals surface area (Å²) in [6.07, 6.45) is 5.41. The van der Waals surface area contributed by atoms with Crippen molar-refractivity contribution >= 4 is 6.08 Å². The number of hydrogen-bond acceptors (Lipinski definition) is 2. The smallest absolute Gasteiger partial charge is 0.123 e. The lowest BCUT2D eigenvalue weighted by Gasteiger charge is -2.11. The molecule has 2 nitrogen and oxygen atoms in total. The molecule has 0 saturated carbocycles. The van der Waals surface area contributed by atoms with Crippen molar-refractivity contribution in [2.45, 2.75) is 6.42 Å². The summed E-state index contributed by atoms with van der Waals surface area (Å²) in [5, 5.41) is 0. The fraction of sp³-hybridized carbons (Fsp3) is 0.176. The number of allylic oxidation sites excluding steroid dienone is 1. The normalized spacial score (nSPS) is 12.3. The van der Waals surface area contributed by atoms with Gasteiger partial charge in [-0.1, -0.05) is 30.4 Å². The molecule has 2 aromatic carbocycles. The van der Waals surface area contributed by atoms with E-state index in [-0.39, 0.29) is 0 Å². The van der Waals surface area contributed by atoms with E-state index in [1.54, 1.807) is 14.2 Å². The van der Waals surface area contributed by atoms with Gasteiger partial charge in [0, 0.05) is 6.07 Å². The lowest BCUT2D eigenvalue weighted by molar-refractivity contribution is 0.394. The summed E-state index contributed by atoms with van der Waals surface area (Å²) in [6.45, 7) is 0. The Morgan fingerprint density at radius 1 is 0.947 bits per heavy atom. The first-order valence-corrected chi connectivity index (χ1v) is 6.33. The Bertz CT molecular complexity index is 619. The van der Waals surface area contributed by atoms with Gasteiger partial charge in [0.25, 0.3) is 0 Å². The van der Waals surface area contributed by atoms with Crippen molar-refractivity contribution in [3.05, 3.63) is 53.6 Å². The molecule has 1 aliphatic carbocycles. The number of ether oxygens (including phenoxy) is 2. The average Bonchev–Trinajstić information content (AvgIpc) is 2.94. The van der Waals surface area contributed by atoms with Crippen molar-refractivity contribution in [3.63, 3.8) is 0 Å². The highest BCUT2D eigenvalue weighted by molar-refractivity contribution is 5.80. The second-order valence-corrected chi connectivity index (χ2v) is 4.59. The predicted octanol–water partition coefficient (Wildman–Crippen LogP) is 3.94. The van der Waals surface area contributed by atoms with Crippen LogP contribution in [0.15, 0.2) is 42.5 Å². The van der Waals surface area contributed by atoms with Gasteiger partial charge in [-0.2, -0.15) is 0 Å². The van der Waals surface area contributed by atoms with Crippen LogP contribution in [0.2, 0.25) is 0 Å². The Balaban J connectivity index is 2.17. The van der Waals surface area contributed by atoms with Gasteiger partial charge in [-0.3, -0.25) is 0 Å². The third-order valence-corrected chi connectivity index (χ3v) is 3.48. The van der Waals surface area contributed by atoms with Crippen LogP contribution in [-0.2, 0) is 6.42 Å². The molecule has 3 rings (SSSR count). The summed E-state index contributed by atoms with van der Waals surface area (Å²) in [5.41, 5.74) is 5.03. The minimum atomic E-state index is 0.814. The maximum Gasteiger partial charge on any atom is 0.123 e. The van der Waals surface area contributed by atoms with Crippen LogP contribution >= 0.6 is 0 Å². The molecule has 0 bridgehead atoms. The highest BCUT2D eigenvalue weighted by atomic mass is 16.5. The summed E-state index contributed by atoms with van der Waals surface area (Å²) in [5.74, 6) is 1.63. The van der Waals surface area contributed by atoms with Gasteiger partial charge in [-0.05, 0) is 40.8 Å². The van der Waals surface area contributed by atoms with Gasteiger partial charge in [0.1, 0.15) is 11.5 Å². The minimum Gasteiger partial charge on any atom is -0.497 e. The Morgan fingerprint density at radius 2 is 1.68 bits per heavy atom. The van der Waals surface area contributed by atoms with E-state index in [0.717, 1.165) is 23.5 Å². The van der Waals surface area contributed by atoms with Gasteiger partial charge in [0.15, 0.2) is 0 Å². The highest BCUT2D eigenvalue weighted by Gasteiger charge is 2.12. The molecule has 0 heterocycles. The van der Waals surface area contributed by atoms with Crippen LogP contribution in [0.5, 0.6) is 11.5 Å². The standard InChI is InChI=1S/C17H16O2/c1-18-14-9-13(10-15(11-14)19-2)17-8-4-6-12-5-3-7-16(12)17/h3-4,6-11H,5H2,1-2H3. The summed E-state index contributed by atoms with van der Waals surface area (Å²) >= 11 is 0. The molecule has 0 N–H and O–H groups in total.